The van der Waals surface area contributed by atoms with Crippen LogP contribution in [0.3, 0.4) is 0 Å². The molecule has 0 spiro atoms. The van der Waals surface area contributed by atoms with Crippen LogP contribution in [-0.4, -0.2) is 34.6 Å². The minimum Gasteiger partial charge on any atom is -0.393 e. The quantitative estimate of drug-likeness (QED) is 0.911. The minimum atomic E-state index is -0.202. The molecule has 1 N–H and O–H groups in total. The van der Waals surface area contributed by atoms with Crippen molar-refractivity contribution < 1.29 is 9.90 Å². The van der Waals surface area contributed by atoms with Gasteiger partial charge in [-0.05, 0) is 44.1 Å². The third kappa shape index (κ3) is 4.47. The number of carbonyl (C=O) groups excluding carboxylic acids is 1. The molecule has 1 aliphatic heterocycles. The van der Waals surface area contributed by atoms with E-state index >= 15 is 0 Å². The van der Waals surface area contributed by atoms with Crippen LogP contribution in [0.1, 0.15) is 56.9 Å². The Kier molecular flexibility index (Phi) is 6.08. The Hall–Kier alpha value is -1.61. The first kappa shape index (κ1) is 17.2. The fourth-order valence-corrected chi connectivity index (χ4v) is 3.95. The molecule has 1 atom stereocenters. The van der Waals surface area contributed by atoms with Crippen LogP contribution in [0.25, 0.3) is 6.08 Å². The molecule has 1 aliphatic carbocycles. The van der Waals surface area contributed by atoms with E-state index in [1.165, 1.54) is 18.4 Å². The number of nitrogens with zero attached hydrogens (tertiary/aromatic N) is 1. The lowest BCUT2D eigenvalue weighted by molar-refractivity contribution is -0.138. The summed E-state index contributed by atoms with van der Waals surface area (Å²) in [5.41, 5.74) is 1.19. The summed E-state index contributed by atoms with van der Waals surface area (Å²) in [4.78, 5) is 15.2. The fourth-order valence-electron chi connectivity index (χ4n) is 3.95. The normalized spacial score (nSPS) is 28.7. The van der Waals surface area contributed by atoms with Gasteiger partial charge in [0.25, 0.3) is 0 Å². The fraction of sp³-hybridized carbons (Fsp3) is 0.571. The zero-order chi connectivity index (χ0) is 16.8. The number of hydrogen-bond donors (Lipinski definition) is 1. The largest absolute Gasteiger partial charge is 0.393 e. The van der Waals surface area contributed by atoms with E-state index in [9.17, 15) is 9.90 Å². The van der Waals surface area contributed by atoms with E-state index in [1.807, 2.05) is 18.2 Å². The number of likely N-dealkylation sites (tertiary alicyclic amines) is 1. The van der Waals surface area contributed by atoms with Crippen LogP contribution in [0.2, 0.25) is 0 Å². The molecule has 3 nitrogen and oxygen atoms in total. The summed E-state index contributed by atoms with van der Waals surface area (Å²) in [6.45, 7) is 0.877. The van der Waals surface area contributed by atoms with E-state index in [-0.39, 0.29) is 18.1 Å². The molecule has 2 fully saturated rings. The summed E-state index contributed by atoms with van der Waals surface area (Å²) in [6.07, 6.45) is 12.0. The molecule has 1 amide bonds. The first-order chi connectivity index (χ1) is 11.7. The van der Waals surface area contributed by atoms with Crippen molar-refractivity contribution in [3.05, 3.63) is 42.0 Å². The molecule has 1 aromatic rings. The number of carbonyl (C=O) groups is 1. The van der Waals surface area contributed by atoms with Crippen molar-refractivity contribution >= 4 is 12.0 Å². The highest BCUT2D eigenvalue weighted by Gasteiger charge is 2.31. The van der Waals surface area contributed by atoms with Crippen LogP contribution in [0.15, 0.2) is 36.4 Å². The average molecular weight is 327 g/mol. The lowest BCUT2D eigenvalue weighted by atomic mass is 9.86. The van der Waals surface area contributed by atoms with Crippen molar-refractivity contribution in [2.24, 2.45) is 5.92 Å². The molecule has 1 aromatic carbocycles. The topological polar surface area (TPSA) is 40.5 Å². The molecule has 1 saturated carbocycles. The lowest BCUT2D eigenvalue weighted by Crippen LogP contribution is -2.43. The number of amides is 1. The van der Waals surface area contributed by atoms with Gasteiger partial charge < -0.3 is 10.0 Å². The van der Waals surface area contributed by atoms with Crippen LogP contribution < -0.4 is 0 Å². The Morgan fingerprint density at radius 1 is 1.00 bits per heavy atom. The van der Waals surface area contributed by atoms with Crippen LogP contribution >= 0.6 is 0 Å². The van der Waals surface area contributed by atoms with E-state index in [0.29, 0.717) is 5.91 Å². The average Bonchev–Trinajstić information content (AvgIpc) is 2.86. The van der Waals surface area contributed by atoms with Crippen molar-refractivity contribution in [1.29, 1.82) is 0 Å². The highest BCUT2D eigenvalue weighted by Crippen LogP contribution is 2.29. The molecule has 0 unspecified atom stereocenters. The summed E-state index contributed by atoms with van der Waals surface area (Å²) in [7, 11) is 0. The van der Waals surface area contributed by atoms with E-state index < -0.39 is 0 Å². The lowest BCUT2D eigenvalue weighted by Gasteiger charge is -2.34. The molecular formula is C21H29NO2. The number of rotatable bonds is 3. The minimum absolute atomic E-state index is 0.110. The third-order valence-electron chi connectivity index (χ3n) is 5.44. The van der Waals surface area contributed by atoms with E-state index in [0.717, 1.165) is 45.1 Å². The molecule has 0 bridgehead atoms. The van der Waals surface area contributed by atoms with Gasteiger partial charge in [0.05, 0.1) is 12.1 Å². The number of benzene rings is 1. The van der Waals surface area contributed by atoms with Crippen LogP contribution in [0, 0.1) is 5.92 Å². The number of hydrogen-bond acceptors (Lipinski definition) is 2. The van der Waals surface area contributed by atoms with Gasteiger partial charge in [-0.3, -0.25) is 4.79 Å². The highest BCUT2D eigenvalue weighted by molar-refractivity contribution is 5.79. The summed E-state index contributed by atoms with van der Waals surface area (Å²) < 4.78 is 0. The predicted octanol–water partition coefficient (Wildman–Crippen LogP) is 4.02. The molecule has 1 heterocycles. The second-order valence-corrected chi connectivity index (χ2v) is 7.22. The van der Waals surface area contributed by atoms with Crippen LogP contribution in [-0.2, 0) is 4.79 Å². The molecule has 3 rings (SSSR count). The summed E-state index contributed by atoms with van der Waals surface area (Å²) >= 11 is 0. The van der Waals surface area contributed by atoms with Gasteiger partial charge in [0.1, 0.15) is 0 Å². The molecule has 2 aliphatic rings. The van der Waals surface area contributed by atoms with Gasteiger partial charge in [0, 0.05) is 12.5 Å². The Labute approximate surface area is 145 Å². The van der Waals surface area contributed by atoms with Gasteiger partial charge in [-0.25, -0.2) is 0 Å². The maximum absolute atomic E-state index is 13.0. The molecular weight excluding hydrogens is 298 g/mol. The summed E-state index contributed by atoms with van der Waals surface area (Å²) in [6, 6.07) is 10.5. The number of aliphatic hydroxyl groups is 1. The van der Waals surface area contributed by atoms with Gasteiger partial charge in [0.15, 0.2) is 0 Å². The Morgan fingerprint density at radius 3 is 2.50 bits per heavy atom. The zero-order valence-electron chi connectivity index (χ0n) is 14.4. The van der Waals surface area contributed by atoms with E-state index in [2.05, 4.69) is 29.2 Å². The zero-order valence-corrected chi connectivity index (χ0v) is 14.4. The predicted molar refractivity (Wildman–Crippen MR) is 97.4 cm³/mol. The standard InChI is InChI=1S/C21H29NO2/c23-20-14-11-18(12-15-20)21(24)22-16-6-2-5-9-19(22)13-10-17-7-3-1-4-8-17/h1,3-4,7-8,10,13,18-20,23H,2,5-6,9,11-12,14-16H2/t18?,19-,20?/m0/s1. The second kappa shape index (κ2) is 8.48. The monoisotopic (exact) mass is 327 g/mol. The maximum atomic E-state index is 13.0. The summed E-state index contributed by atoms with van der Waals surface area (Å²) in [5.74, 6) is 0.422. The Balaban J connectivity index is 1.70. The van der Waals surface area contributed by atoms with Crippen molar-refractivity contribution in [2.45, 2.75) is 63.5 Å². The van der Waals surface area contributed by atoms with Gasteiger partial charge in [0.2, 0.25) is 5.91 Å². The first-order valence-corrected chi connectivity index (χ1v) is 9.46. The summed E-state index contributed by atoms with van der Waals surface area (Å²) in [5, 5.41) is 9.69. The van der Waals surface area contributed by atoms with Crippen molar-refractivity contribution in [2.75, 3.05) is 6.54 Å². The molecule has 3 heteroatoms. The van der Waals surface area contributed by atoms with Gasteiger partial charge in [-0.2, -0.15) is 0 Å². The molecule has 130 valence electrons. The molecule has 24 heavy (non-hydrogen) atoms. The number of aliphatic hydroxyl groups excluding tert-OH is 1. The van der Waals surface area contributed by atoms with Crippen molar-refractivity contribution in [1.82, 2.24) is 4.90 Å². The molecule has 0 aromatic heterocycles. The van der Waals surface area contributed by atoms with Crippen LogP contribution in [0.4, 0.5) is 0 Å². The second-order valence-electron chi connectivity index (χ2n) is 7.22. The highest BCUT2D eigenvalue weighted by atomic mass is 16.3. The van der Waals surface area contributed by atoms with Crippen molar-refractivity contribution in [3.8, 4) is 0 Å². The first-order valence-electron chi connectivity index (χ1n) is 9.46. The molecule has 1 saturated heterocycles. The van der Waals surface area contributed by atoms with Crippen molar-refractivity contribution in [3.63, 3.8) is 0 Å². The van der Waals surface area contributed by atoms with Gasteiger partial charge in [-0.1, -0.05) is 55.3 Å². The van der Waals surface area contributed by atoms with Crippen LogP contribution in [0.5, 0.6) is 0 Å². The van der Waals surface area contributed by atoms with E-state index in [1.54, 1.807) is 0 Å². The molecule has 0 radical (unpaired) electrons. The van der Waals surface area contributed by atoms with Gasteiger partial charge in [-0.15, -0.1) is 0 Å². The third-order valence-corrected chi connectivity index (χ3v) is 5.44. The van der Waals surface area contributed by atoms with Gasteiger partial charge >= 0.3 is 0 Å². The Morgan fingerprint density at radius 2 is 1.75 bits per heavy atom. The maximum Gasteiger partial charge on any atom is 0.226 e. The smallest absolute Gasteiger partial charge is 0.226 e. The SMILES string of the molecule is O=C(C1CCC(O)CC1)N1CCCCC[C@H]1C=Cc1ccccc1. The Bertz CT molecular complexity index is 546. The van der Waals surface area contributed by atoms with E-state index in [4.69, 9.17) is 0 Å².